The number of rotatable bonds is 9. The van der Waals surface area contributed by atoms with Gasteiger partial charge in [0.2, 0.25) is 0 Å². The van der Waals surface area contributed by atoms with Crippen LogP contribution in [-0.2, 0) is 17.9 Å². The van der Waals surface area contributed by atoms with Crippen LogP contribution in [0.1, 0.15) is 10.4 Å². The molecular formula is C17H23NO3S. The molecule has 1 heterocycles. The highest BCUT2D eigenvalue weighted by molar-refractivity contribution is 7.09. The Labute approximate surface area is 135 Å². The fourth-order valence-corrected chi connectivity index (χ4v) is 2.89. The molecule has 0 fully saturated rings. The summed E-state index contributed by atoms with van der Waals surface area (Å²) < 4.78 is 10.8. The van der Waals surface area contributed by atoms with E-state index in [0.717, 1.165) is 17.9 Å². The number of aliphatic hydroxyl groups excluding tert-OH is 1. The second kappa shape index (κ2) is 8.90. The molecule has 120 valence electrons. The number of likely N-dealkylation sites (N-methyl/N-ethyl adjacent to an activating group) is 1. The minimum atomic E-state index is -0.490. The van der Waals surface area contributed by atoms with E-state index in [1.165, 1.54) is 4.88 Å². The van der Waals surface area contributed by atoms with Crippen molar-refractivity contribution in [1.82, 2.24) is 4.90 Å². The average Bonchev–Trinajstić information content (AvgIpc) is 3.00. The van der Waals surface area contributed by atoms with E-state index in [0.29, 0.717) is 19.8 Å². The molecule has 0 saturated carbocycles. The predicted molar refractivity (Wildman–Crippen MR) is 89.3 cm³/mol. The highest BCUT2D eigenvalue weighted by Gasteiger charge is 2.09. The van der Waals surface area contributed by atoms with Crippen molar-refractivity contribution in [2.45, 2.75) is 19.3 Å². The minimum Gasteiger partial charge on any atom is -0.497 e. The summed E-state index contributed by atoms with van der Waals surface area (Å²) in [6.07, 6.45) is -0.490. The molecule has 0 aliphatic carbocycles. The zero-order chi connectivity index (χ0) is 15.8. The lowest BCUT2D eigenvalue weighted by Gasteiger charge is -2.20. The van der Waals surface area contributed by atoms with Gasteiger partial charge in [0.1, 0.15) is 5.75 Å². The maximum Gasteiger partial charge on any atom is 0.119 e. The van der Waals surface area contributed by atoms with Gasteiger partial charge in [-0.25, -0.2) is 0 Å². The molecule has 4 nitrogen and oxygen atoms in total. The Hall–Kier alpha value is -1.40. The van der Waals surface area contributed by atoms with Crippen molar-refractivity contribution < 1.29 is 14.6 Å². The summed E-state index contributed by atoms with van der Waals surface area (Å²) in [4.78, 5) is 3.26. The molecule has 5 heteroatoms. The lowest BCUT2D eigenvalue weighted by atomic mass is 10.2. The van der Waals surface area contributed by atoms with Gasteiger partial charge in [0.05, 0.1) is 26.4 Å². The standard InChI is InChI=1S/C17H23NO3S/c1-18(10-14-5-3-6-16(9-14)20-2)11-15(19)12-21-13-17-7-4-8-22-17/h3-9,15,19H,10-13H2,1-2H3. The van der Waals surface area contributed by atoms with Crippen molar-refractivity contribution in [1.29, 1.82) is 0 Å². The molecule has 22 heavy (non-hydrogen) atoms. The van der Waals surface area contributed by atoms with Gasteiger partial charge in [0.25, 0.3) is 0 Å². The number of methoxy groups -OCH3 is 1. The van der Waals surface area contributed by atoms with Crippen LogP contribution in [0.4, 0.5) is 0 Å². The summed E-state index contributed by atoms with van der Waals surface area (Å²) in [5.41, 5.74) is 1.16. The van der Waals surface area contributed by atoms with Crippen molar-refractivity contribution in [2.24, 2.45) is 0 Å². The largest absolute Gasteiger partial charge is 0.497 e. The Bertz CT molecular complexity index is 545. The Kier molecular flexibility index (Phi) is 6.86. The number of nitrogens with zero attached hydrogens (tertiary/aromatic N) is 1. The minimum absolute atomic E-state index is 0.348. The number of hydrogen-bond donors (Lipinski definition) is 1. The summed E-state index contributed by atoms with van der Waals surface area (Å²) in [6, 6.07) is 12.0. The van der Waals surface area contributed by atoms with E-state index in [9.17, 15) is 5.11 Å². The molecule has 1 unspecified atom stereocenters. The Morgan fingerprint density at radius 2 is 2.14 bits per heavy atom. The van der Waals surface area contributed by atoms with Crippen LogP contribution >= 0.6 is 11.3 Å². The topological polar surface area (TPSA) is 41.9 Å². The highest BCUT2D eigenvalue weighted by atomic mass is 32.1. The van der Waals surface area contributed by atoms with E-state index >= 15 is 0 Å². The molecule has 0 amide bonds. The number of thiophene rings is 1. The molecule has 1 N–H and O–H groups in total. The van der Waals surface area contributed by atoms with E-state index in [-0.39, 0.29) is 0 Å². The van der Waals surface area contributed by atoms with Crippen molar-refractivity contribution in [3.63, 3.8) is 0 Å². The molecule has 0 saturated heterocycles. The predicted octanol–water partition coefficient (Wildman–Crippen LogP) is 2.77. The second-order valence-corrected chi connectivity index (χ2v) is 6.33. The Balaban J connectivity index is 1.70. The van der Waals surface area contributed by atoms with Gasteiger partial charge in [0.15, 0.2) is 0 Å². The van der Waals surface area contributed by atoms with Gasteiger partial charge >= 0.3 is 0 Å². The summed E-state index contributed by atoms with van der Waals surface area (Å²) in [5, 5.41) is 12.1. The normalized spacial score (nSPS) is 12.5. The summed E-state index contributed by atoms with van der Waals surface area (Å²) in [5.74, 6) is 0.853. The van der Waals surface area contributed by atoms with Gasteiger partial charge in [-0.1, -0.05) is 18.2 Å². The monoisotopic (exact) mass is 321 g/mol. The van der Waals surface area contributed by atoms with E-state index in [1.807, 2.05) is 42.8 Å². The fourth-order valence-electron chi connectivity index (χ4n) is 2.25. The number of aliphatic hydroxyl groups is 1. The number of benzene rings is 1. The first-order valence-corrected chi connectivity index (χ1v) is 8.15. The first kappa shape index (κ1) is 17.0. The average molecular weight is 321 g/mol. The second-order valence-electron chi connectivity index (χ2n) is 5.30. The van der Waals surface area contributed by atoms with Crippen LogP contribution in [-0.4, -0.2) is 43.4 Å². The van der Waals surface area contributed by atoms with Crippen LogP contribution < -0.4 is 4.74 Å². The molecule has 1 aromatic heterocycles. The van der Waals surface area contributed by atoms with Crippen LogP contribution in [0.2, 0.25) is 0 Å². The van der Waals surface area contributed by atoms with Crippen molar-refractivity contribution in [2.75, 3.05) is 27.3 Å². The van der Waals surface area contributed by atoms with Gasteiger partial charge in [-0.3, -0.25) is 4.90 Å². The molecule has 0 aliphatic heterocycles. The lowest BCUT2D eigenvalue weighted by molar-refractivity contribution is 0.0135. The molecule has 2 rings (SSSR count). The maximum absolute atomic E-state index is 10.0. The van der Waals surface area contributed by atoms with Crippen LogP contribution in [0, 0.1) is 0 Å². The maximum atomic E-state index is 10.0. The lowest BCUT2D eigenvalue weighted by Crippen LogP contribution is -2.31. The molecule has 1 atom stereocenters. The molecular weight excluding hydrogens is 298 g/mol. The summed E-state index contributed by atoms with van der Waals surface area (Å²) in [7, 11) is 3.65. The third kappa shape index (κ3) is 5.77. The molecule has 0 bridgehead atoms. The van der Waals surface area contributed by atoms with Gasteiger partial charge in [-0.05, 0) is 36.2 Å². The zero-order valence-corrected chi connectivity index (χ0v) is 13.9. The zero-order valence-electron chi connectivity index (χ0n) is 13.1. The smallest absolute Gasteiger partial charge is 0.119 e. The van der Waals surface area contributed by atoms with E-state index in [1.54, 1.807) is 18.4 Å². The van der Waals surface area contributed by atoms with Crippen LogP contribution in [0.5, 0.6) is 5.75 Å². The van der Waals surface area contributed by atoms with Gasteiger partial charge in [0, 0.05) is 18.0 Å². The Morgan fingerprint density at radius 3 is 2.86 bits per heavy atom. The van der Waals surface area contributed by atoms with Crippen molar-refractivity contribution >= 4 is 11.3 Å². The fraction of sp³-hybridized carbons (Fsp3) is 0.412. The third-order valence-corrected chi connectivity index (χ3v) is 4.09. The van der Waals surface area contributed by atoms with E-state index < -0.39 is 6.10 Å². The number of hydrogen-bond acceptors (Lipinski definition) is 5. The highest BCUT2D eigenvalue weighted by Crippen LogP contribution is 2.14. The van der Waals surface area contributed by atoms with Gasteiger partial charge in [-0.2, -0.15) is 0 Å². The van der Waals surface area contributed by atoms with Crippen LogP contribution in [0.25, 0.3) is 0 Å². The van der Waals surface area contributed by atoms with Gasteiger partial charge < -0.3 is 14.6 Å². The molecule has 2 aromatic rings. The molecule has 0 spiro atoms. The summed E-state index contributed by atoms with van der Waals surface area (Å²) >= 11 is 1.66. The van der Waals surface area contributed by atoms with Crippen molar-refractivity contribution in [3.8, 4) is 5.75 Å². The SMILES string of the molecule is COc1cccc(CN(C)CC(O)COCc2cccs2)c1. The molecule has 0 aliphatic rings. The summed E-state index contributed by atoms with van der Waals surface area (Å²) in [6.45, 7) is 2.25. The van der Waals surface area contributed by atoms with Crippen molar-refractivity contribution in [3.05, 3.63) is 52.2 Å². The van der Waals surface area contributed by atoms with Gasteiger partial charge in [-0.15, -0.1) is 11.3 Å². The molecule has 1 aromatic carbocycles. The quantitative estimate of drug-likeness (QED) is 0.771. The first-order chi connectivity index (χ1) is 10.7. The van der Waals surface area contributed by atoms with E-state index in [2.05, 4.69) is 11.0 Å². The van der Waals surface area contributed by atoms with E-state index in [4.69, 9.17) is 9.47 Å². The first-order valence-electron chi connectivity index (χ1n) is 7.27. The third-order valence-electron chi connectivity index (χ3n) is 3.24. The number of ether oxygens (including phenoxy) is 2. The molecule has 0 radical (unpaired) electrons. The van der Waals surface area contributed by atoms with Crippen LogP contribution in [0.15, 0.2) is 41.8 Å². The Morgan fingerprint density at radius 1 is 1.27 bits per heavy atom. The van der Waals surface area contributed by atoms with Crippen LogP contribution in [0.3, 0.4) is 0 Å².